The van der Waals surface area contributed by atoms with Gasteiger partial charge in [-0.25, -0.2) is 0 Å². The molecule has 0 radical (unpaired) electrons. The zero-order valence-electron chi connectivity index (χ0n) is 11.3. The molecule has 1 atom stereocenters. The lowest BCUT2D eigenvalue weighted by atomic mass is 10.1. The molecule has 0 saturated carbocycles. The summed E-state index contributed by atoms with van der Waals surface area (Å²) in [4.78, 5) is 22.7. The summed E-state index contributed by atoms with van der Waals surface area (Å²) in [6.07, 6.45) is 0.425. The zero-order chi connectivity index (χ0) is 14.5. The zero-order valence-corrected chi connectivity index (χ0v) is 11.3. The third-order valence-electron chi connectivity index (χ3n) is 3.30. The first kappa shape index (κ1) is 14.1. The van der Waals surface area contributed by atoms with Crippen LogP contribution in [-0.4, -0.2) is 23.5 Å². The lowest BCUT2D eigenvalue weighted by Gasteiger charge is -2.08. The molecular formula is C16H17NO3. The van der Waals surface area contributed by atoms with Gasteiger partial charge in [-0.15, -0.1) is 0 Å². The van der Waals surface area contributed by atoms with E-state index in [-0.39, 0.29) is 5.91 Å². The standard InChI is InChI=1S/C16H17NO3/c1-11(16(19)20)8-9-17-15(18)14-7-6-12-4-2-3-5-13(12)10-14/h2-7,10-11H,8-9H2,1H3,(H,17,18)(H,19,20). The summed E-state index contributed by atoms with van der Waals surface area (Å²) in [7, 11) is 0. The SMILES string of the molecule is CC(CCNC(=O)c1ccc2ccccc2c1)C(=O)O. The van der Waals surface area contributed by atoms with Crippen molar-refractivity contribution >= 4 is 22.6 Å². The Kier molecular flexibility index (Phi) is 4.35. The molecular weight excluding hydrogens is 254 g/mol. The summed E-state index contributed by atoms with van der Waals surface area (Å²) in [5.41, 5.74) is 0.590. The maximum absolute atomic E-state index is 12.0. The van der Waals surface area contributed by atoms with Gasteiger partial charge in [0.15, 0.2) is 0 Å². The average molecular weight is 271 g/mol. The number of fused-ring (bicyclic) bond motifs is 1. The van der Waals surface area contributed by atoms with Gasteiger partial charge in [0.05, 0.1) is 5.92 Å². The minimum Gasteiger partial charge on any atom is -0.481 e. The van der Waals surface area contributed by atoms with Crippen molar-refractivity contribution in [1.82, 2.24) is 5.32 Å². The molecule has 0 fully saturated rings. The second-order valence-electron chi connectivity index (χ2n) is 4.85. The number of hydrogen-bond acceptors (Lipinski definition) is 2. The quantitative estimate of drug-likeness (QED) is 0.878. The highest BCUT2D eigenvalue weighted by molar-refractivity contribution is 5.98. The summed E-state index contributed by atoms with van der Waals surface area (Å²) in [5, 5.41) is 13.6. The van der Waals surface area contributed by atoms with E-state index >= 15 is 0 Å². The molecule has 0 aromatic heterocycles. The molecule has 2 aromatic carbocycles. The fourth-order valence-corrected chi connectivity index (χ4v) is 1.96. The van der Waals surface area contributed by atoms with E-state index in [0.29, 0.717) is 18.5 Å². The number of aliphatic carboxylic acids is 1. The number of amides is 1. The van der Waals surface area contributed by atoms with Gasteiger partial charge in [-0.3, -0.25) is 9.59 Å². The van der Waals surface area contributed by atoms with Gasteiger partial charge in [0.25, 0.3) is 5.91 Å². The van der Waals surface area contributed by atoms with Gasteiger partial charge in [0.1, 0.15) is 0 Å². The van der Waals surface area contributed by atoms with Crippen molar-refractivity contribution in [1.29, 1.82) is 0 Å². The van der Waals surface area contributed by atoms with Gasteiger partial charge in [-0.1, -0.05) is 37.3 Å². The van der Waals surface area contributed by atoms with Gasteiger partial charge >= 0.3 is 5.97 Å². The van der Waals surface area contributed by atoms with Crippen LogP contribution < -0.4 is 5.32 Å². The molecule has 4 heteroatoms. The number of carbonyl (C=O) groups is 2. The second kappa shape index (κ2) is 6.19. The van der Waals surface area contributed by atoms with Crippen molar-refractivity contribution < 1.29 is 14.7 Å². The van der Waals surface area contributed by atoms with E-state index in [2.05, 4.69) is 5.32 Å². The number of carboxylic acids is 1. The average Bonchev–Trinajstić information content (AvgIpc) is 2.46. The Morgan fingerprint density at radius 3 is 2.55 bits per heavy atom. The smallest absolute Gasteiger partial charge is 0.306 e. The molecule has 1 amide bonds. The largest absolute Gasteiger partial charge is 0.481 e. The number of rotatable bonds is 5. The predicted molar refractivity (Wildman–Crippen MR) is 77.7 cm³/mol. The lowest BCUT2D eigenvalue weighted by Crippen LogP contribution is -2.27. The van der Waals surface area contributed by atoms with Gasteiger partial charge in [0, 0.05) is 12.1 Å². The second-order valence-corrected chi connectivity index (χ2v) is 4.85. The fourth-order valence-electron chi connectivity index (χ4n) is 1.96. The van der Waals surface area contributed by atoms with Crippen LogP contribution in [0.5, 0.6) is 0 Å². The first-order chi connectivity index (χ1) is 9.58. The Morgan fingerprint density at radius 1 is 1.15 bits per heavy atom. The van der Waals surface area contributed by atoms with E-state index in [9.17, 15) is 9.59 Å². The molecule has 0 aliphatic carbocycles. The molecule has 20 heavy (non-hydrogen) atoms. The topological polar surface area (TPSA) is 66.4 Å². The van der Waals surface area contributed by atoms with Gasteiger partial charge < -0.3 is 10.4 Å². The van der Waals surface area contributed by atoms with E-state index in [1.54, 1.807) is 13.0 Å². The van der Waals surface area contributed by atoms with Crippen LogP contribution in [0.15, 0.2) is 42.5 Å². The van der Waals surface area contributed by atoms with Crippen molar-refractivity contribution in [2.45, 2.75) is 13.3 Å². The van der Waals surface area contributed by atoms with E-state index in [1.807, 2.05) is 36.4 Å². The molecule has 0 aliphatic rings. The van der Waals surface area contributed by atoms with Gasteiger partial charge in [0.2, 0.25) is 0 Å². The number of hydrogen-bond donors (Lipinski definition) is 2. The predicted octanol–water partition coefficient (Wildman–Crippen LogP) is 2.68. The Balaban J connectivity index is 1.99. The minimum atomic E-state index is -0.843. The number of carboxylic acid groups (broad SMARTS) is 1. The van der Waals surface area contributed by atoms with Crippen LogP contribution in [0.3, 0.4) is 0 Å². The molecule has 0 saturated heterocycles. The van der Waals surface area contributed by atoms with Crippen molar-refractivity contribution in [2.24, 2.45) is 5.92 Å². The maximum Gasteiger partial charge on any atom is 0.306 e. The van der Waals surface area contributed by atoms with Crippen molar-refractivity contribution in [3.05, 3.63) is 48.0 Å². The molecule has 4 nitrogen and oxygen atoms in total. The number of benzene rings is 2. The fraction of sp³-hybridized carbons (Fsp3) is 0.250. The monoisotopic (exact) mass is 271 g/mol. The summed E-state index contributed by atoms with van der Waals surface area (Å²) in [6.45, 7) is 1.99. The molecule has 2 rings (SSSR count). The van der Waals surface area contributed by atoms with E-state index in [4.69, 9.17) is 5.11 Å². The summed E-state index contributed by atoms with van der Waals surface area (Å²) >= 11 is 0. The van der Waals surface area contributed by atoms with Crippen LogP contribution >= 0.6 is 0 Å². The molecule has 0 aliphatic heterocycles. The maximum atomic E-state index is 12.0. The van der Waals surface area contributed by atoms with Crippen LogP contribution in [0.25, 0.3) is 10.8 Å². The molecule has 0 heterocycles. The molecule has 0 spiro atoms. The highest BCUT2D eigenvalue weighted by Crippen LogP contribution is 2.15. The number of nitrogens with one attached hydrogen (secondary N) is 1. The Bertz CT molecular complexity index is 636. The first-order valence-corrected chi connectivity index (χ1v) is 6.58. The van der Waals surface area contributed by atoms with Crippen molar-refractivity contribution in [3.8, 4) is 0 Å². The molecule has 104 valence electrons. The summed E-state index contributed by atoms with van der Waals surface area (Å²) < 4.78 is 0. The highest BCUT2D eigenvalue weighted by atomic mass is 16.4. The van der Waals surface area contributed by atoms with Crippen LogP contribution in [0.4, 0.5) is 0 Å². The van der Waals surface area contributed by atoms with Crippen molar-refractivity contribution in [2.75, 3.05) is 6.54 Å². The molecule has 0 bridgehead atoms. The van der Waals surface area contributed by atoms with Crippen molar-refractivity contribution in [3.63, 3.8) is 0 Å². The van der Waals surface area contributed by atoms with Crippen LogP contribution in [0.1, 0.15) is 23.7 Å². The third-order valence-corrected chi connectivity index (χ3v) is 3.30. The Labute approximate surface area is 117 Å². The normalized spacial score (nSPS) is 12.1. The lowest BCUT2D eigenvalue weighted by molar-refractivity contribution is -0.141. The Morgan fingerprint density at radius 2 is 1.85 bits per heavy atom. The Hall–Kier alpha value is -2.36. The third kappa shape index (κ3) is 3.35. The van der Waals surface area contributed by atoms with Gasteiger partial charge in [-0.05, 0) is 29.3 Å². The van der Waals surface area contributed by atoms with E-state index < -0.39 is 11.9 Å². The number of carbonyl (C=O) groups excluding carboxylic acids is 1. The molecule has 2 N–H and O–H groups in total. The van der Waals surface area contributed by atoms with Crippen LogP contribution in [0.2, 0.25) is 0 Å². The van der Waals surface area contributed by atoms with Gasteiger partial charge in [-0.2, -0.15) is 0 Å². The van der Waals surface area contributed by atoms with Crippen LogP contribution in [-0.2, 0) is 4.79 Å². The van der Waals surface area contributed by atoms with E-state index in [0.717, 1.165) is 10.8 Å². The molecule has 2 aromatic rings. The van der Waals surface area contributed by atoms with Crippen LogP contribution in [0, 0.1) is 5.92 Å². The minimum absolute atomic E-state index is 0.173. The molecule has 1 unspecified atom stereocenters. The first-order valence-electron chi connectivity index (χ1n) is 6.58. The summed E-state index contributed by atoms with van der Waals surface area (Å²) in [5.74, 6) is -1.47. The van der Waals surface area contributed by atoms with E-state index in [1.165, 1.54) is 0 Å². The summed E-state index contributed by atoms with van der Waals surface area (Å²) in [6, 6.07) is 13.4. The highest BCUT2D eigenvalue weighted by Gasteiger charge is 2.11.